The average molecular weight is 240 g/mol. The van der Waals surface area contributed by atoms with Gasteiger partial charge in [-0.15, -0.1) is 0 Å². The summed E-state index contributed by atoms with van der Waals surface area (Å²) in [5.41, 5.74) is 0. The van der Waals surface area contributed by atoms with E-state index < -0.39 is 0 Å². The van der Waals surface area contributed by atoms with E-state index in [0.717, 1.165) is 45.9 Å². The molecule has 0 saturated carbocycles. The van der Waals surface area contributed by atoms with Gasteiger partial charge in [-0.2, -0.15) is 0 Å². The Bertz CT molecular complexity index is 232. The predicted molar refractivity (Wildman–Crippen MR) is 66.9 cm³/mol. The van der Waals surface area contributed by atoms with Crippen LogP contribution in [0.25, 0.3) is 0 Å². The minimum absolute atomic E-state index is 0.346. The summed E-state index contributed by atoms with van der Waals surface area (Å²) in [5, 5.41) is 0. The number of carbonyl (C=O) groups is 1. The summed E-state index contributed by atoms with van der Waals surface area (Å²) in [5.74, 6) is 0.346. The van der Waals surface area contributed by atoms with E-state index >= 15 is 0 Å². The van der Waals surface area contributed by atoms with Crippen molar-refractivity contribution in [3.63, 3.8) is 0 Å². The summed E-state index contributed by atoms with van der Waals surface area (Å²) in [6.07, 6.45) is 5.62. The third-order valence-corrected chi connectivity index (χ3v) is 3.70. The first-order chi connectivity index (χ1) is 8.36. The van der Waals surface area contributed by atoms with Gasteiger partial charge in [0.05, 0.1) is 13.2 Å². The van der Waals surface area contributed by atoms with Gasteiger partial charge in [-0.25, -0.2) is 0 Å². The Kier molecular flexibility index (Phi) is 5.26. The molecule has 0 radical (unpaired) electrons. The van der Waals surface area contributed by atoms with Gasteiger partial charge in [-0.1, -0.05) is 12.8 Å². The highest BCUT2D eigenvalue weighted by molar-refractivity contribution is 5.76. The molecular formula is C13H24N2O2. The van der Waals surface area contributed by atoms with E-state index in [1.165, 1.54) is 25.7 Å². The van der Waals surface area contributed by atoms with Crippen LogP contribution < -0.4 is 0 Å². The molecule has 0 N–H and O–H groups in total. The fourth-order valence-corrected chi connectivity index (χ4v) is 2.56. The molecule has 2 fully saturated rings. The zero-order valence-electron chi connectivity index (χ0n) is 10.7. The number of nitrogens with zero attached hydrogens (tertiary/aromatic N) is 2. The van der Waals surface area contributed by atoms with Crippen molar-refractivity contribution in [2.75, 3.05) is 45.9 Å². The molecule has 2 heterocycles. The fraction of sp³-hybridized carbons (Fsp3) is 0.923. The normalized spacial score (nSPS) is 23.4. The number of morpholine rings is 1. The highest BCUT2D eigenvalue weighted by atomic mass is 16.5. The topological polar surface area (TPSA) is 32.8 Å². The second-order valence-corrected chi connectivity index (χ2v) is 5.00. The molecule has 2 rings (SSSR count). The summed E-state index contributed by atoms with van der Waals surface area (Å²) in [4.78, 5) is 16.5. The van der Waals surface area contributed by atoms with E-state index in [1.54, 1.807) is 0 Å². The molecule has 4 nitrogen and oxygen atoms in total. The van der Waals surface area contributed by atoms with E-state index in [1.807, 2.05) is 0 Å². The maximum Gasteiger partial charge on any atom is 0.223 e. The van der Waals surface area contributed by atoms with Gasteiger partial charge in [-0.05, 0) is 12.8 Å². The minimum Gasteiger partial charge on any atom is -0.379 e. The summed E-state index contributed by atoms with van der Waals surface area (Å²) >= 11 is 0. The van der Waals surface area contributed by atoms with Gasteiger partial charge in [0.15, 0.2) is 0 Å². The molecule has 0 aromatic rings. The van der Waals surface area contributed by atoms with Gasteiger partial charge < -0.3 is 9.64 Å². The third kappa shape index (κ3) is 4.28. The van der Waals surface area contributed by atoms with Crippen LogP contribution in [-0.2, 0) is 9.53 Å². The second-order valence-electron chi connectivity index (χ2n) is 5.00. The molecule has 17 heavy (non-hydrogen) atoms. The monoisotopic (exact) mass is 240 g/mol. The van der Waals surface area contributed by atoms with E-state index in [9.17, 15) is 4.79 Å². The molecule has 0 spiro atoms. The number of amides is 1. The van der Waals surface area contributed by atoms with Crippen LogP contribution in [0.4, 0.5) is 0 Å². The smallest absolute Gasteiger partial charge is 0.223 e. The Morgan fingerprint density at radius 3 is 2.24 bits per heavy atom. The molecule has 0 aromatic heterocycles. The molecule has 0 aliphatic carbocycles. The lowest BCUT2D eigenvalue weighted by molar-refractivity contribution is -0.131. The Morgan fingerprint density at radius 2 is 1.59 bits per heavy atom. The van der Waals surface area contributed by atoms with Crippen LogP contribution in [0.15, 0.2) is 0 Å². The van der Waals surface area contributed by atoms with E-state index in [-0.39, 0.29) is 0 Å². The minimum atomic E-state index is 0.346. The molecular weight excluding hydrogens is 216 g/mol. The fourth-order valence-electron chi connectivity index (χ4n) is 2.56. The SMILES string of the molecule is O=C(CCN1CCOCC1)N1CCCCCC1. The molecule has 2 aliphatic rings. The van der Waals surface area contributed by atoms with Crippen LogP contribution in [0.3, 0.4) is 0 Å². The van der Waals surface area contributed by atoms with Crippen molar-refractivity contribution in [1.82, 2.24) is 9.80 Å². The maximum absolute atomic E-state index is 12.1. The van der Waals surface area contributed by atoms with E-state index in [4.69, 9.17) is 4.74 Å². The van der Waals surface area contributed by atoms with Crippen molar-refractivity contribution < 1.29 is 9.53 Å². The molecule has 2 aliphatic heterocycles. The van der Waals surface area contributed by atoms with Gasteiger partial charge in [0.25, 0.3) is 0 Å². The zero-order valence-corrected chi connectivity index (χ0v) is 10.7. The van der Waals surface area contributed by atoms with Crippen molar-refractivity contribution in [2.45, 2.75) is 32.1 Å². The van der Waals surface area contributed by atoms with Crippen molar-refractivity contribution in [3.05, 3.63) is 0 Å². The number of carbonyl (C=O) groups excluding carboxylic acids is 1. The number of hydrogen-bond acceptors (Lipinski definition) is 3. The van der Waals surface area contributed by atoms with E-state index in [0.29, 0.717) is 12.3 Å². The van der Waals surface area contributed by atoms with Crippen molar-refractivity contribution in [1.29, 1.82) is 0 Å². The summed E-state index contributed by atoms with van der Waals surface area (Å²) in [6.45, 7) is 6.44. The van der Waals surface area contributed by atoms with Crippen molar-refractivity contribution in [3.8, 4) is 0 Å². The molecule has 98 valence electrons. The van der Waals surface area contributed by atoms with Gasteiger partial charge in [0.2, 0.25) is 5.91 Å². The van der Waals surface area contributed by atoms with Crippen LogP contribution >= 0.6 is 0 Å². The summed E-state index contributed by atoms with van der Waals surface area (Å²) in [6, 6.07) is 0. The average Bonchev–Trinajstić information content (AvgIpc) is 2.66. The molecule has 0 bridgehead atoms. The molecule has 0 unspecified atom stereocenters. The van der Waals surface area contributed by atoms with Crippen LogP contribution in [0.5, 0.6) is 0 Å². The summed E-state index contributed by atoms with van der Waals surface area (Å²) in [7, 11) is 0. The quantitative estimate of drug-likeness (QED) is 0.741. The number of rotatable bonds is 3. The van der Waals surface area contributed by atoms with Gasteiger partial charge >= 0.3 is 0 Å². The Hall–Kier alpha value is -0.610. The predicted octanol–water partition coefficient (Wildman–Crippen LogP) is 1.11. The maximum atomic E-state index is 12.1. The first-order valence-electron chi connectivity index (χ1n) is 6.94. The van der Waals surface area contributed by atoms with Crippen LogP contribution in [0.1, 0.15) is 32.1 Å². The number of hydrogen-bond donors (Lipinski definition) is 0. The van der Waals surface area contributed by atoms with Gasteiger partial charge in [0, 0.05) is 39.1 Å². The van der Waals surface area contributed by atoms with Gasteiger partial charge in [-0.3, -0.25) is 9.69 Å². The molecule has 2 saturated heterocycles. The number of likely N-dealkylation sites (tertiary alicyclic amines) is 1. The second kappa shape index (κ2) is 6.97. The first-order valence-corrected chi connectivity index (χ1v) is 6.94. The van der Waals surface area contributed by atoms with E-state index in [2.05, 4.69) is 9.80 Å². The Labute approximate surface area is 104 Å². The van der Waals surface area contributed by atoms with Crippen LogP contribution in [-0.4, -0.2) is 61.6 Å². The molecule has 1 amide bonds. The summed E-state index contributed by atoms with van der Waals surface area (Å²) < 4.78 is 5.30. The lowest BCUT2D eigenvalue weighted by atomic mass is 10.2. The van der Waals surface area contributed by atoms with Gasteiger partial charge in [0.1, 0.15) is 0 Å². The third-order valence-electron chi connectivity index (χ3n) is 3.70. The number of ether oxygens (including phenoxy) is 1. The molecule has 0 aromatic carbocycles. The highest BCUT2D eigenvalue weighted by Crippen LogP contribution is 2.11. The lowest BCUT2D eigenvalue weighted by Crippen LogP contribution is -2.40. The standard InChI is InChI=1S/C13H24N2O2/c16-13(15-6-3-1-2-4-7-15)5-8-14-9-11-17-12-10-14/h1-12H2. The molecule has 0 atom stereocenters. The highest BCUT2D eigenvalue weighted by Gasteiger charge is 2.17. The van der Waals surface area contributed by atoms with Crippen molar-refractivity contribution >= 4 is 5.91 Å². The Balaban J connectivity index is 1.68. The van der Waals surface area contributed by atoms with Crippen LogP contribution in [0, 0.1) is 0 Å². The lowest BCUT2D eigenvalue weighted by Gasteiger charge is -2.27. The first kappa shape index (κ1) is 12.8. The van der Waals surface area contributed by atoms with Crippen LogP contribution in [0.2, 0.25) is 0 Å². The molecule has 4 heteroatoms. The zero-order chi connectivity index (χ0) is 11.9. The largest absolute Gasteiger partial charge is 0.379 e. The Morgan fingerprint density at radius 1 is 0.941 bits per heavy atom. The van der Waals surface area contributed by atoms with Crippen molar-refractivity contribution in [2.24, 2.45) is 0 Å².